The van der Waals surface area contributed by atoms with E-state index in [1.807, 2.05) is 18.7 Å². The molecule has 1 saturated heterocycles. The Morgan fingerprint density at radius 1 is 0.957 bits per heavy atom. The highest BCUT2D eigenvalue weighted by Crippen LogP contribution is 2.55. The minimum Gasteiger partial charge on any atom is -0.414 e. The maximum Gasteiger partial charge on any atom is 0.280 e. The number of H-pyrrole nitrogens is 1. The Labute approximate surface area is 285 Å². The van der Waals surface area contributed by atoms with Crippen LogP contribution in [0.2, 0.25) is 54.4 Å². The smallest absolute Gasteiger partial charge is 0.280 e. The van der Waals surface area contributed by atoms with Gasteiger partial charge in [0.2, 0.25) is 5.95 Å². The molecule has 2 aliphatic rings. The van der Waals surface area contributed by atoms with Gasteiger partial charge in [0, 0.05) is 20.5 Å². The fourth-order valence-corrected chi connectivity index (χ4v) is 9.35. The van der Waals surface area contributed by atoms with E-state index in [0.717, 1.165) is 5.82 Å². The number of hydrogen-bond donors (Lipinski definition) is 1. The van der Waals surface area contributed by atoms with Crippen LogP contribution in [0, 0.1) is 0 Å². The van der Waals surface area contributed by atoms with Crippen LogP contribution in [0.25, 0.3) is 11.2 Å². The number of ether oxygens (including phenoxy) is 1. The number of imidazole rings is 1. The second-order valence-corrected chi connectivity index (χ2v) is 32.7. The molecule has 0 unspecified atom stereocenters. The number of aliphatic imine (C=N–C) groups is 1. The van der Waals surface area contributed by atoms with E-state index >= 15 is 0 Å². The van der Waals surface area contributed by atoms with Crippen LogP contribution in [0.1, 0.15) is 80.8 Å². The van der Waals surface area contributed by atoms with Crippen LogP contribution in [-0.4, -0.2) is 94.2 Å². The minimum absolute atomic E-state index is 0.0334. The van der Waals surface area contributed by atoms with Crippen LogP contribution in [0.5, 0.6) is 0 Å². The molecular weight excluding hydrogens is 645 g/mol. The summed E-state index contributed by atoms with van der Waals surface area (Å²) >= 11 is 0. The molecule has 0 aromatic carbocycles. The number of aromatic nitrogens is 4. The standard InChI is InChI=1S/C33H62N6O5Si3/c1-30(2,3)45(12,13)41-20-22-25(43-46(14,15)31(4,5)6)33(44-47(16,17)32(7,8)9)19-18-23-35-24-26(39(23)28(33)42-22)36-29(37-27(24)40)34-21-38(10)11/h21-22,25,28H,18-20H2,1-17H3,(H,36,37,40)/b34-21+/t22-,25-,28-,33-/m1/s1. The van der Waals surface area contributed by atoms with Gasteiger partial charge in [-0.15, -0.1) is 0 Å². The van der Waals surface area contributed by atoms with Crippen molar-refractivity contribution in [3.05, 3.63) is 16.2 Å². The lowest BCUT2D eigenvalue weighted by atomic mass is 9.86. The van der Waals surface area contributed by atoms with Gasteiger partial charge in [0.15, 0.2) is 42.3 Å². The molecule has 0 saturated carbocycles. The van der Waals surface area contributed by atoms with Gasteiger partial charge in [0.05, 0.1) is 12.9 Å². The van der Waals surface area contributed by atoms with Gasteiger partial charge in [-0.1, -0.05) is 62.3 Å². The van der Waals surface area contributed by atoms with Crippen molar-refractivity contribution in [3.63, 3.8) is 0 Å². The maximum absolute atomic E-state index is 13.4. The first-order chi connectivity index (χ1) is 21.1. The lowest BCUT2D eigenvalue weighted by molar-refractivity contribution is -0.110. The second-order valence-electron chi connectivity index (χ2n) is 18.4. The van der Waals surface area contributed by atoms with Gasteiger partial charge >= 0.3 is 0 Å². The molecule has 2 aromatic rings. The van der Waals surface area contributed by atoms with Crippen molar-refractivity contribution < 1.29 is 18.0 Å². The molecule has 14 heteroatoms. The highest BCUT2D eigenvalue weighted by Gasteiger charge is 2.65. The summed E-state index contributed by atoms with van der Waals surface area (Å²) < 4.78 is 31.2. The predicted molar refractivity (Wildman–Crippen MR) is 198 cm³/mol. The van der Waals surface area contributed by atoms with Crippen LogP contribution in [0.3, 0.4) is 0 Å². The molecule has 0 amide bonds. The molecule has 0 aliphatic carbocycles. The third-order valence-corrected chi connectivity index (χ3v) is 24.9. The summed E-state index contributed by atoms with van der Waals surface area (Å²) in [4.78, 5) is 32.0. The summed E-state index contributed by atoms with van der Waals surface area (Å²) in [7, 11) is -3.15. The third-order valence-electron chi connectivity index (χ3n) is 11.4. The number of aryl methyl sites for hydroxylation is 1. The van der Waals surface area contributed by atoms with Crippen molar-refractivity contribution in [2.45, 2.75) is 154 Å². The first-order valence-electron chi connectivity index (χ1n) is 17.0. The average Bonchev–Trinajstić information content (AvgIpc) is 3.40. The molecular formula is C33H62N6O5Si3. The molecule has 0 spiro atoms. The Morgan fingerprint density at radius 3 is 2.06 bits per heavy atom. The Balaban J connectivity index is 1.97. The molecule has 47 heavy (non-hydrogen) atoms. The zero-order chi connectivity index (χ0) is 35.8. The fraction of sp³-hybridized carbons (Fsp3) is 0.818. The normalized spacial score (nSPS) is 24.7. The number of nitrogens with one attached hydrogen (secondary N) is 1. The molecule has 2 aliphatic heterocycles. The Bertz CT molecular complexity index is 1550. The Kier molecular flexibility index (Phi) is 9.95. The second kappa shape index (κ2) is 12.3. The lowest BCUT2D eigenvalue weighted by Gasteiger charge is -2.51. The van der Waals surface area contributed by atoms with Crippen molar-refractivity contribution in [2.75, 3.05) is 20.7 Å². The van der Waals surface area contributed by atoms with Crippen LogP contribution in [-0.2, 0) is 24.4 Å². The number of aromatic amines is 1. The molecule has 1 N–H and O–H groups in total. The van der Waals surface area contributed by atoms with Crippen LogP contribution < -0.4 is 5.56 Å². The largest absolute Gasteiger partial charge is 0.414 e. The fourth-order valence-electron chi connectivity index (χ4n) is 5.42. The summed E-state index contributed by atoms with van der Waals surface area (Å²) in [5.74, 6) is 0.966. The van der Waals surface area contributed by atoms with E-state index in [9.17, 15) is 4.79 Å². The van der Waals surface area contributed by atoms with Gasteiger partial charge in [0.25, 0.3) is 5.56 Å². The lowest BCUT2D eigenvalue weighted by Crippen LogP contribution is -2.62. The van der Waals surface area contributed by atoms with Gasteiger partial charge in [-0.3, -0.25) is 14.3 Å². The van der Waals surface area contributed by atoms with Crippen molar-refractivity contribution in [3.8, 4) is 0 Å². The van der Waals surface area contributed by atoms with E-state index in [2.05, 4.69) is 112 Å². The monoisotopic (exact) mass is 706 g/mol. The zero-order valence-electron chi connectivity index (χ0n) is 32.2. The topological polar surface area (TPSA) is 116 Å². The van der Waals surface area contributed by atoms with Crippen molar-refractivity contribution in [2.24, 2.45) is 4.99 Å². The highest BCUT2D eigenvalue weighted by atomic mass is 28.4. The first-order valence-corrected chi connectivity index (χ1v) is 25.8. The molecule has 4 atom stereocenters. The summed E-state index contributed by atoms with van der Waals surface area (Å²) in [6.07, 6.45) is 1.44. The SMILES string of the molecule is CN(C)/C=N/c1nc2c(nc3n2[C@@H]2O[C@H](CO[Si](C)(C)C(C)(C)C)[C@@H](O[Si](C)(C)C(C)(C)C)[C@]2(O[Si](C)(C)C(C)(C)C)CC3)c(=O)[nH]1. The Hall–Kier alpha value is -1.69. The van der Waals surface area contributed by atoms with Crippen LogP contribution in [0.4, 0.5) is 5.95 Å². The first kappa shape index (κ1) is 38.1. The van der Waals surface area contributed by atoms with Crippen LogP contribution >= 0.6 is 0 Å². The quantitative estimate of drug-likeness (QED) is 0.163. The average molecular weight is 707 g/mol. The van der Waals surface area contributed by atoms with Crippen LogP contribution in [0.15, 0.2) is 9.79 Å². The molecule has 4 heterocycles. The van der Waals surface area contributed by atoms with Gasteiger partial charge in [-0.2, -0.15) is 4.98 Å². The van der Waals surface area contributed by atoms with E-state index in [1.54, 1.807) is 11.2 Å². The van der Waals surface area contributed by atoms with E-state index in [4.69, 9.17) is 28.0 Å². The molecule has 0 radical (unpaired) electrons. The summed E-state index contributed by atoms with van der Waals surface area (Å²) in [6.45, 7) is 34.5. The molecule has 0 bridgehead atoms. The van der Waals surface area contributed by atoms with Gasteiger partial charge in [-0.05, 0) is 60.8 Å². The summed E-state index contributed by atoms with van der Waals surface area (Å²) in [5, 5.41) is -0.0697. The molecule has 11 nitrogen and oxygen atoms in total. The molecule has 4 rings (SSSR count). The summed E-state index contributed by atoms with van der Waals surface area (Å²) in [5.41, 5.74) is -0.459. The van der Waals surface area contributed by atoms with E-state index in [1.165, 1.54) is 0 Å². The predicted octanol–water partition coefficient (Wildman–Crippen LogP) is 7.36. The number of nitrogens with zero attached hydrogens (tertiary/aromatic N) is 5. The number of hydrogen-bond acceptors (Lipinski definition) is 8. The van der Waals surface area contributed by atoms with Crippen molar-refractivity contribution in [1.29, 1.82) is 0 Å². The van der Waals surface area contributed by atoms with Gasteiger partial charge < -0.3 is 22.9 Å². The number of fused-ring (bicyclic) bond motifs is 5. The van der Waals surface area contributed by atoms with Gasteiger partial charge in [0.1, 0.15) is 23.6 Å². The third kappa shape index (κ3) is 7.15. The number of rotatable bonds is 9. The minimum atomic E-state index is -2.41. The summed E-state index contributed by atoms with van der Waals surface area (Å²) in [6, 6.07) is 0. The Morgan fingerprint density at radius 2 is 1.53 bits per heavy atom. The van der Waals surface area contributed by atoms with Crippen molar-refractivity contribution >= 4 is 48.4 Å². The van der Waals surface area contributed by atoms with E-state index in [-0.39, 0.29) is 32.1 Å². The molecule has 2 aromatic heterocycles. The van der Waals surface area contributed by atoms with Gasteiger partial charge in [-0.25, -0.2) is 9.98 Å². The maximum atomic E-state index is 13.4. The highest BCUT2D eigenvalue weighted by molar-refractivity contribution is 6.75. The van der Waals surface area contributed by atoms with E-state index in [0.29, 0.717) is 25.1 Å². The van der Waals surface area contributed by atoms with Crippen molar-refractivity contribution in [1.82, 2.24) is 24.4 Å². The van der Waals surface area contributed by atoms with E-state index < -0.39 is 49.0 Å². The molecule has 1 fully saturated rings. The zero-order valence-corrected chi connectivity index (χ0v) is 35.2. The molecule has 266 valence electrons.